The molecule has 0 bridgehead atoms. The third-order valence-corrected chi connectivity index (χ3v) is 1.72. The van der Waals surface area contributed by atoms with Crippen molar-refractivity contribution in [3.63, 3.8) is 0 Å². The lowest BCUT2D eigenvalue weighted by Crippen LogP contribution is -1.83. The van der Waals surface area contributed by atoms with E-state index in [4.69, 9.17) is 5.11 Å². The minimum atomic E-state index is 0.269. The molecule has 0 fully saturated rings. The van der Waals surface area contributed by atoms with E-state index in [0.717, 1.165) is 19.3 Å². The van der Waals surface area contributed by atoms with Gasteiger partial charge in [-0.25, -0.2) is 0 Å². The van der Waals surface area contributed by atoms with E-state index in [0.29, 0.717) is 0 Å². The van der Waals surface area contributed by atoms with Crippen LogP contribution < -0.4 is 0 Å². The van der Waals surface area contributed by atoms with Gasteiger partial charge in [-0.3, -0.25) is 0 Å². The number of hydrogen-bond acceptors (Lipinski definition) is 1. The molecule has 0 unspecified atom stereocenters. The molecule has 0 rings (SSSR count). The molecule has 0 radical (unpaired) electrons. The van der Waals surface area contributed by atoms with Crippen LogP contribution in [0.1, 0.15) is 40.0 Å². The molecule has 70 valence electrons. The molecule has 0 saturated heterocycles. The number of allylic oxidation sites excluding steroid dienone is 3. The first kappa shape index (κ1) is 11.4. The first-order valence-corrected chi connectivity index (χ1v) is 4.56. The standard InChI is InChI=1S/C11H20O/c1-10(2)6-4-5-7-11(3)8-9-12/h6-7,12H,4-5,8-9H2,1-3H3/b11-7+. The molecule has 0 aliphatic heterocycles. The SMILES string of the molecule is CC(C)=CCC/C=C(\C)CCO. The lowest BCUT2D eigenvalue weighted by molar-refractivity contribution is 0.299. The molecule has 12 heavy (non-hydrogen) atoms. The van der Waals surface area contributed by atoms with Gasteiger partial charge in [0.2, 0.25) is 0 Å². The van der Waals surface area contributed by atoms with Gasteiger partial charge in [0, 0.05) is 6.61 Å². The van der Waals surface area contributed by atoms with Crippen LogP contribution in [0, 0.1) is 0 Å². The van der Waals surface area contributed by atoms with E-state index in [-0.39, 0.29) is 6.61 Å². The molecule has 0 aliphatic carbocycles. The Bertz CT molecular complexity index is 162. The van der Waals surface area contributed by atoms with Gasteiger partial charge < -0.3 is 5.11 Å². The smallest absolute Gasteiger partial charge is 0.0468 e. The maximum absolute atomic E-state index is 8.63. The van der Waals surface area contributed by atoms with E-state index in [9.17, 15) is 0 Å². The van der Waals surface area contributed by atoms with Crippen LogP contribution in [0.15, 0.2) is 23.3 Å². The molecule has 0 spiro atoms. The number of rotatable bonds is 5. The lowest BCUT2D eigenvalue weighted by atomic mass is 10.1. The van der Waals surface area contributed by atoms with Crippen molar-refractivity contribution in [2.45, 2.75) is 40.0 Å². The highest BCUT2D eigenvalue weighted by Crippen LogP contribution is 2.04. The van der Waals surface area contributed by atoms with Gasteiger partial charge in [0.15, 0.2) is 0 Å². The Balaban J connectivity index is 3.53. The summed E-state index contributed by atoms with van der Waals surface area (Å²) in [5.41, 5.74) is 2.67. The van der Waals surface area contributed by atoms with Crippen molar-refractivity contribution in [1.82, 2.24) is 0 Å². The Morgan fingerprint density at radius 2 is 1.67 bits per heavy atom. The second kappa shape index (κ2) is 7.11. The van der Waals surface area contributed by atoms with Crippen LogP contribution in [0.5, 0.6) is 0 Å². The van der Waals surface area contributed by atoms with Crippen molar-refractivity contribution in [3.8, 4) is 0 Å². The van der Waals surface area contributed by atoms with Gasteiger partial charge in [-0.05, 0) is 40.0 Å². The van der Waals surface area contributed by atoms with Gasteiger partial charge in [0.1, 0.15) is 0 Å². The zero-order valence-electron chi connectivity index (χ0n) is 8.43. The molecule has 0 atom stereocenters. The summed E-state index contributed by atoms with van der Waals surface area (Å²) in [7, 11) is 0. The van der Waals surface area contributed by atoms with Crippen molar-refractivity contribution >= 4 is 0 Å². The van der Waals surface area contributed by atoms with Gasteiger partial charge in [0.05, 0.1) is 0 Å². The van der Waals surface area contributed by atoms with Crippen LogP contribution in [-0.4, -0.2) is 11.7 Å². The molecule has 1 nitrogen and oxygen atoms in total. The van der Waals surface area contributed by atoms with Gasteiger partial charge >= 0.3 is 0 Å². The zero-order valence-corrected chi connectivity index (χ0v) is 8.43. The molecule has 1 heteroatoms. The van der Waals surface area contributed by atoms with Gasteiger partial charge in [-0.2, -0.15) is 0 Å². The number of aliphatic hydroxyl groups excluding tert-OH is 1. The number of unbranched alkanes of at least 4 members (excludes halogenated alkanes) is 1. The van der Waals surface area contributed by atoms with Gasteiger partial charge in [0.25, 0.3) is 0 Å². The lowest BCUT2D eigenvalue weighted by Gasteiger charge is -1.96. The largest absolute Gasteiger partial charge is 0.396 e. The number of aliphatic hydroxyl groups is 1. The Morgan fingerprint density at radius 1 is 1.08 bits per heavy atom. The fourth-order valence-corrected chi connectivity index (χ4v) is 0.980. The van der Waals surface area contributed by atoms with E-state index in [1.54, 1.807) is 0 Å². The predicted octanol–water partition coefficient (Wildman–Crippen LogP) is 3.06. The second-order valence-electron chi connectivity index (χ2n) is 3.38. The molecule has 0 amide bonds. The van der Waals surface area contributed by atoms with E-state index in [2.05, 4.69) is 32.9 Å². The summed E-state index contributed by atoms with van der Waals surface area (Å²) in [4.78, 5) is 0. The summed E-state index contributed by atoms with van der Waals surface area (Å²) < 4.78 is 0. The Hall–Kier alpha value is -0.560. The maximum atomic E-state index is 8.63. The first-order valence-electron chi connectivity index (χ1n) is 4.56. The third kappa shape index (κ3) is 7.55. The van der Waals surface area contributed by atoms with Crippen LogP contribution in [0.4, 0.5) is 0 Å². The highest BCUT2D eigenvalue weighted by molar-refractivity contribution is 5.00. The van der Waals surface area contributed by atoms with Crippen LogP contribution in [0.3, 0.4) is 0 Å². The van der Waals surface area contributed by atoms with E-state index >= 15 is 0 Å². The quantitative estimate of drug-likeness (QED) is 0.494. The molecule has 0 aromatic carbocycles. The van der Waals surface area contributed by atoms with E-state index < -0.39 is 0 Å². The van der Waals surface area contributed by atoms with Crippen LogP contribution in [-0.2, 0) is 0 Å². The highest BCUT2D eigenvalue weighted by Gasteiger charge is 1.86. The number of hydrogen-bond donors (Lipinski definition) is 1. The molecular weight excluding hydrogens is 148 g/mol. The fraction of sp³-hybridized carbons (Fsp3) is 0.636. The highest BCUT2D eigenvalue weighted by atomic mass is 16.2. The molecule has 0 saturated carbocycles. The van der Waals surface area contributed by atoms with Crippen molar-refractivity contribution < 1.29 is 5.11 Å². The molecule has 0 aromatic rings. The minimum Gasteiger partial charge on any atom is -0.396 e. The van der Waals surface area contributed by atoms with Crippen LogP contribution in [0.25, 0.3) is 0 Å². The first-order chi connectivity index (χ1) is 5.66. The normalized spacial score (nSPS) is 11.5. The average Bonchev–Trinajstić information content (AvgIpc) is 1.98. The molecular formula is C11H20O. The molecule has 1 N–H and O–H groups in total. The molecule has 0 aliphatic rings. The summed E-state index contributed by atoms with van der Waals surface area (Å²) in [5.74, 6) is 0. The van der Waals surface area contributed by atoms with E-state index in [1.165, 1.54) is 11.1 Å². The van der Waals surface area contributed by atoms with Crippen LogP contribution >= 0.6 is 0 Å². The predicted molar refractivity (Wildman–Crippen MR) is 54.1 cm³/mol. The second-order valence-corrected chi connectivity index (χ2v) is 3.38. The maximum Gasteiger partial charge on any atom is 0.0468 e. The average molecular weight is 168 g/mol. The zero-order chi connectivity index (χ0) is 9.40. The minimum absolute atomic E-state index is 0.269. The van der Waals surface area contributed by atoms with Crippen molar-refractivity contribution in [2.75, 3.05) is 6.61 Å². The van der Waals surface area contributed by atoms with E-state index in [1.807, 2.05) is 0 Å². The Labute approximate surface area is 75.8 Å². The van der Waals surface area contributed by atoms with Crippen molar-refractivity contribution in [2.24, 2.45) is 0 Å². The fourth-order valence-electron chi connectivity index (χ4n) is 0.980. The Morgan fingerprint density at radius 3 is 2.17 bits per heavy atom. The van der Waals surface area contributed by atoms with Crippen molar-refractivity contribution in [3.05, 3.63) is 23.3 Å². The third-order valence-electron chi connectivity index (χ3n) is 1.72. The summed E-state index contributed by atoms with van der Waals surface area (Å²) in [6.45, 7) is 6.57. The summed E-state index contributed by atoms with van der Waals surface area (Å²) >= 11 is 0. The summed E-state index contributed by atoms with van der Waals surface area (Å²) in [6, 6.07) is 0. The topological polar surface area (TPSA) is 20.2 Å². The monoisotopic (exact) mass is 168 g/mol. The van der Waals surface area contributed by atoms with Gasteiger partial charge in [-0.1, -0.05) is 23.3 Å². The Kier molecular flexibility index (Phi) is 6.78. The molecule has 0 aromatic heterocycles. The van der Waals surface area contributed by atoms with Crippen molar-refractivity contribution in [1.29, 1.82) is 0 Å². The molecule has 0 heterocycles. The summed E-state index contributed by atoms with van der Waals surface area (Å²) in [5, 5.41) is 8.63. The van der Waals surface area contributed by atoms with Gasteiger partial charge in [-0.15, -0.1) is 0 Å². The van der Waals surface area contributed by atoms with Crippen LogP contribution in [0.2, 0.25) is 0 Å². The summed E-state index contributed by atoms with van der Waals surface area (Å²) in [6.07, 6.45) is 7.47.